The van der Waals surface area contributed by atoms with Crippen molar-refractivity contribution in [2.24, 2.45) is 5.92 Å². The molecule has 3 heterocycles. The molecule has 1 aromatic heterocycles. The van der Waals surface area contributed by atoms with Gasteiger partial charge in [0.05, 0.1) is 19.4 Å². The molecule has 2 aliphatic heterocycles. The molecule has 2 saturated heterocycles. The zero-order valence-corrected chi connectivity index (χ0v) is 20.3. The number of piperidine rings is 2. The topological polar surface area (TPSA) is 54.9 Å². The maximum atomic E-state index is 13.7. The Bertz CT molecular complexity index is 896. The van der Waals surface area contributed by atoms with Crippen LogP contribution in [0.25, 0.3) is 10.6 Å². The second kappa shape index (κ2) is 10.8. The fourth-order valence-electron chi connectivity index (χ4n) is 5.15. The summed E-state index contributed by atoms with van der Waals surface area (Å²) >= 11 is 1.49. The number of hydrogen-bond acceptors (Lipinski definition) is 6. The monoisotopic (exact) mass is 457 g/mol. The first-order chi connectivity index (χ1) is 15.6. The number of carbonyl (C=O) groups is 1. The predicted molar refractivity (Wildman–Crippen MR) is 129 cm³/mol. The lowest BCUT2D eigenvalue weighted by Gasteiger charge is -2.45. The lowest BCUT2D eigenvalue weighted by atomic mass is 9.83. The van der Waals surface area contributed by atoms with E-state index >= 15 is 0 Å². The zero-order chi connectivity index (χ0) is 22.5. The minimum Gasteiger partial charge on any atom is -0.497 e. The number of fused-ring (bicyclic) bond motifs is 1. The van der Waals surface area contributed by atoms with Crippen molar-refractivity contribution in [1.29, 1.82) is 0 Å². The zero-order valence-electron chi connectivity index (χ0n) is 19.5. The molecule has 4 rings (SSSR count). The minimum absolute atomic E-state index is 0.0877. The smallest absolute Gasteiger partial charge is 0.265 e. The molecule has 2 fully saturated rings. The van der Waals surface area contributed by atoms with Crippen LogP contribution in [0.1, 0.15) is 47.5 Å². The van der Waals surface area contributed by atoms with Gasteiger partial charge in [-0.25, -0.2) is 4.98 Å². The highest BCUT2D eigenvalue weighted by Gasteiger charge is 2.35. The Kier molecular flexibility index (Phi) is 7.81. The third kappa shape index (κ3) is 5.16. The van der Waals surface area contributed by atoms with E-state index in [2.05, 4.69) is 4.90 Å². The fourth-order valence-corrected chi connectivity index (χ4v) is 6.19. The van der Waals surface area contributed by atoms with E-state index in [0.717, 1.165) is 33.4 Å². The van der Waals surface area contributed by atoms with Crippen molar-refractivity contribution < 1.29 is 14.3 Å². The first-order valence-corrected chi connectivity index (χ1v) is 12.6. The number of aryl methyl sites for hydroxylation is 1. The molecule has 0 bridgehead atoms. The highest BCUT2D eigenvalue weighted by Crippen LogP contribution is 2.33. The van der Waals surface area contributed by atoms with Crippen molar-refractivity contribution in [3.05, 3.63) is 34.8 Å². The van der Waals surface area contributed by atoms with Crippen molar-refractivity contribution in [3.63, 3.8) is 0 Å². The van der Waals surface area contributed by atoms with Gasteiger partial charge in [-0.05, 0) is 75.9 Å². The summed E-state index contributed by atoms with van der Waals surface area (Å²) in [6.07, 6.45) is 6.32. The SMILES string of the molecule is COCCN(C[C@@H]1CCCN2CCCC[C@H]12)C(=O)c1sc(-c2ccc(OC)cc2)nc1C. The van der Waals surface area contributed by atoms with Gasteiger partial charge in [0.25, 0.3) is 5.91 Å². The van der Waals surface area contributed by atoms with Crippen LogP contribution in [-0.4, -0.2) is 73.7 Å². The molecule has 0 saturated carbocycles. The number of aromatic nitrogens is 1. The van der Waals surface area contributed by atoms with Gasteiger partial charge >= 0.3 is 0 Å². The molecule has 2 aromatic rings. The van der Waals surface area contributed by atoms with Gasteiger partial charge in [-0.3, -0.25) is 4.79 Å². The molecular weight excluding hydrogens is 422 g/mol. The maximum Gasteiger partial charge on any atom is 0.265 e. The molecule has 174 valence electrons. The highest BCUT2D eigenvalue weighted by molar-refractivity contribution is 7.17. The molecule has 0 radical (unpaired) electrons. The first-order valence-electron chi connectivity index (χ1n) is 11.7. The average Bonchev–Trinajstić information content (AvgIpc) is 3.23. The van der Waals surface area contributed by atoms with E-state index in [-0.39, 0.29) is 5.91 Å². The van der Waals surface area contributed by atoms with E-state index in [0.29, 0.717) is 25.1 Å². The van der Waals surface area contributed by atoms with Crippen molar-refractivity contribution in [1.82, 2.24) is 14.8 Å². The van der Waals surface area contributed by atoms with E-state index < -0.39 is 0 Å². The van der Waals surface area contributed by atoms with Gasteiger partial charge < -0.3 is 19.3 Å². The Balaban J connectivity index is 1.53. The van der Waals surface area contributed by atoms with Crippen LogP contribution in [0.5, 0.6) is 5.75 Å². The molecule has 0 spiro atoms. The molecule has 1 aromatic carbocycles. The second-order valence-corrected chi connectivity index (χ2v) is 9.91. The Morgan fingerprint density at radius 3 is 2.69 bits per heavy atom. The summed E-state index contributed by atoms with van der Waals surface area (Å²) in [5.41, 5.74) is 1.81. The van der Waals surface area contributed by atoms with Crippen molar-refractivity contribution >= 4 is 17.2 Å². The summed E-state index contributed by atoms with van der Waals surface area (Å²) in [6.45, 7) is 6.34. The number of amides is 1. The lowest BCUT2D eigenvalue weighted by molar-refractivity contribution is 0.0317. The molecule has 0 aliphatic carbocycles. The van der Waals surface area contributed by atoms with Gasteiger partial charge in [-0.15, -0.1) is 11.3 Å². The molecule has 0 N–H and O–H groups in total. The molecule has 7 heteroatoms. The van der Waals surface area contributed by atoms with Crippen molar-refractivity contribution in [2.45, 2.75) is 45.1 Å². The van der Waals surface area contributed by atoms with Crippen LogP contribution in [0.4, 0.5) is 0 Å². The third-order valence-electron chi connectivity index (χ3n) is 6.86. The largest absolute Gasteiger partial charge is 0.497 e. The van der Waals surface area contributed by atoms with E-state index in [1.807, 2.05) is 36.1 Å². The third-order valence-corrected chi connectivity index (χ3v) is 8.06. The number of nitrogens with zero attached hydrogens (tertiary/aromatic N) is 3. The van der Waals surface area contributed by atoms with Crippen LogP contribution in [0.2, 0.25) is 0 Å². The summed E-state index contributed by atoms with van der Waals surface area (Å²) in [5, 5.41) is 0.872. The molecule has 0 unspecified atom stereocenters. The Labute approximate surface area is 195 Å². The molecule has 2 aliphatic rings. The summed E-state index contributed by atoms with van der Waals surface area (Å²) in [6, 6.07) is 8.46. The molecular formula is C25H35N3O3S. The van der Waals surface area contributed by atoms with Gasteiger partial charge in [-0.2, -0.15) is 0 Å². The van der Waals surface area contributed by atoms with Crippen molar-refractivity contribution in [3.8, 4) is 16.3 Å². The highest BCUT2D eigenvalue weighted by atomic mass is 32.1. The summed E-state index contributed by atoms with van der Waals surface area (Å²) in [5.74, 6) is 1.44. The van der Waals surface area contributed by atoms with E-state index in [1.54, 1.807) is 14.2 Å². The summed E-state index contributed by atoms with van der Waals surface area (Å²) < 4.78 is 10.6. The number of hydrogen-bond donors (Lipinski definition) is 0. The Morgan fingerprint density at radius 2 is 1.94 bits per heavy atom. The number of methoxy groups -OCH3 is 2. The Morgan fingerprint density at radius 1 is 1.16 bits per heavy atom. The van der Waals surface area contributed by atoms with Gasteiger partial charge in [-0.1, -0.05) is 6.42 Å². The van der Waals surface area contributed by atoms with Gasteiger partial charge in [0.15, 0.2) is 0 Å². The van der Waals surface area contributed by atoms with Crippen molar-refractivity contribution in [2.75, 3.05) is 47.0 Å². The summed E-state index contributed by atoms with van der Waals surface area (Å²) in [4.78, 5) is 23.8. The van der Waals surface area contributed by atoms with Crippen LogP contribution in [0.3, 0.4) is 0 Å². The molecule has 2 atom stereocenters. The lowest BCUT2D eigenvalue weighted by Crippen LogP contribution is -2.52. The maximum absolute atomic E-state index is 13.7. The quantitative estimate of drug-likeness (QED) is 0.585. The number of rotatable bonds is 8. The first kappa shape index (κ1) is 23.2. The number of carbonyl (C=O) groups excluding carboxylic acids is 1. The number of thiazole rings is 1. The molecule has 6 nitrogen and oxygen atoms in total. The fraction of sp³-hybridized carbons (Fsp3) is 0.600. The Hall–Kier alpha value is -1.96. The number of benzene rings is 1. The van der Waals surface area contributed by atoms with Gasteiger partial charge in [0, 0.05) is 31.8 Å². The van der Waals surface area contributed by atoms with E-state index in [9.17, 15) is 4.79 Å². The second-order valence-electron chi connectivity index (χ2n) is 8.91. The van der Waals surface area contributed by atoms with E-state index in [1.165, 1.54) is 56.5 Å². The standard InChI is InChI=1S/C25H35N3O3S/c1-18-23(32-24(26-18)19-9-11-21(31-3)12-10-19)25(29)28(15-16-30-2)17-20-7-6-14-27-13-5-4-8-22(20)27/h9-12,20,22H,4-8,13-17H2,1-3H3/t20-,22+/m0/s1. The predicted octanol–water partition coefficient (Wildman–Crippen LogP) is 4.48. The van der Waals surface area contributed by atoms with Crippen LogP contribution >= 0.6 is 11.3 Å². The molecule has 1 amide bonds. The van der Waals surface area contributed by atoms with Crippen LogP contribution < -0.4 is 4.74 Å². The van der Waals surface area contributed by atoms with Gasteiger partial charge in [0.1, 0.15) is 15.6 Å². The van der Waals surface area contributed by atoms with E-state index in [4.69, 9.17) is 14.5 Å². The van der Waals surface area contributed by atoms with Crippen LogP contribution in [0.15, 0.2) is 24.3 Å². The number of ether oxygens (including phenoxy) is 2. The summed E-state index contributed by atoms with van der Waals surface area (Å²) in [7, 11) is 3.36. The van der Waals surface area contributed by atoms with Gasteiger partial charge in [0.2, 0.25) is 0 Å². The normalized spacial score (nSPS) is 21.2. The van der Waals surface area contributed by atoms with Crippen LogP contribution in [-0.2, 0) is 4.74 Å². The minimum atomic E-state index is 0.0877. The van der Waals surface area contributed by atoms with Crippen LogP contribution in [0, 0.1) is 12.8 Å². The molecule has 32 heavy (non-hydrogen) atoms. The average molecular weight is 458 g/mol.